The van der Waals surface area contributed by atoms with E-state index in [1.807, 2.05) is 25.7 Å². The van der Waals surface area contributed by atoms with E-state index in [1.165, 1.54) is 5.56 Å². The molecule has 2 aliphatic heterocycles. The Morgan fingerprint density at radius 2 is 1.74 bits per heavy atom. The predicted molar refractivity (Wildman–Crippen MR) is 107 cm³/mol. The average molecular weight is 375 g/mol. The fourth-order valence-corrected chi connectivity index (χ4v) is 4.39. The van der Waals surface area contributed by atoms with Crippen LogP contribution < -0.4 is 0 Å². The van der Waals surface area contributed by atoms with Crippen LogP contribution in [0.25, 0.3) is 0 Å². The molecule has 150 valence electrons. The van der Waals surface area contributed by atoms with Crippen LogP contribution >= 0.6 is 0 Å². The highest BCUT2D eigenvalue weighted by Crippen LogP contribution is 2.43. The summed E-state index contributed by atoms with van der Waals surface area (Å²) < 4.78 is 11.4. The number of amides is 1. The zero-order valence-electron chi connectivity index (χ0n) is 17.2. The number of carbonyl (C=O) groups is 1. The molecule has 2 saturated heterocycles. The third-order valence-corrected chi connectivity index (χ3v) is 5.99. The topological polar surface area (TPSA) is 42.0 Å². The Kier molecular flexibility index (Phi) is 6.11. The Bertz CT molecular complexity index is 618. The minimum atomic E-state index is -0.461. The van der Waals surface area contributed by atoms with E-state index in [-0.39, 0.29) is 17.6 Å². The molecular weight excluding hydrogens is 340 g/mol. The first-order chi connectivity index (χ1) is 12.8. The highest BCUT2D eigenvalue weighted by Gasteiger charge is 2.46. The summed E-state index contributed by atoms with van der Waals surface area (Å²) in [6.45, 7) is 10.3. The van der Waals surface area contributed by atoms with Gasteiger partial charge in [-0.05, 0) is 58.7 Å². The van der Waals surface area contributed by atoms with Crippen LogP contribution in [0.3, 0.4) is 0 Å². The summed E-state index contributed by atoms with van der Waals surface area (Å²) in [7, 11) is 1.78. The van der Waals surface area contributed by atoms with E-state index in [4.69, 9.17) is 9.47 Å². The minimum Gasteiger partial charge on any atom is -0.444 e. The molecule has 1 atom stereocenters. The van der Waals surface area contributed by atoms with Crippen molar-refractivity contribution in [3.8, 4) is 0 Å². The lowest BCUT2D eigenvalue weighted by Gasteiger charge is -2.51. The molecule has 0 aromatic heterocycles. The molecular formula is C22H34N2O3. The smallest absolute Gasteiger partial charge is 0.410 e. The fourth-order valence-electron chi connectivity index (χ4n) is 4.39. The van der Waals surface area contributed by atoms with Crippen LogP contribution in [0.4, 0.5) is 4.79 Å². The maximum atomic E-state index is 12.4. The first-order valence-electron chi connectivity index (χ1n) is 10.1. The quantitative estimate of drug-likeness (QED) is 0.804. The van der Waals surface area contributed by atoms with Gasteiger partial charge in [0.25, 0.3) is 0 Å². The number of carbonyl (C=O) groups excluding carboxylic acids is 1. The number of ether oxygens (including phenoxy) is 2. The monoisotopic (exact) mass is 374 g/mol. The van der Waals surface area contributed by atoms with Gasteiger partial charge in [-0.15, -0.1) is 0 Å². The van der Waals surface area contributed by atoms with Gasteiger partial charge < -0.3 is 14.4 Å². The lowest BCUT2D eigenvalue weighted by molar-refractivity contribution is -0.0978. The molecule has 2 aliphatic rings. The summed E-state index contributed by atoms with van der Waals surface area (Å²) in [5.74, 6) is 0. The third-order valence-electron chi connectivity index (χ3n) is 5.99. The molecule has 1 unspecified atom stereocenters. The van der Waals surface area contributed by atoms with Crippen molar-refractivity contribution in [1.29, 1.82) is 0 Å². The molecule has 0 bridgehead atoms. The summed E-state index contributed by atoms with van der Waals surface area (Å²) in [5, 5.41) is 0. The molecule has 0 radical (unpaired) electrons. The molecule has 1 spiro atoms. The van der Waals surface area contributed by atoms with Crippen LogP contribution in [0.5, 0.6) is 0 Å². The van der Waals surface area contributed by atoms with Gasteiger partial charge in [-0.2, -0.15) is 0 Å². The van der Waals surface area contributed by atoms with E-state index >= 15 is 0 Å². The predicted octanol–water partition coefficient (Wildman–Crippen LogP) is 3.92. The van der Waals surface area contributed by atoms with Crippen LogP contribution in [0, 0.1) is 5.41 Å². The number of likely N-dealkylation sites (tertiary alicyclic amines) is 2. The first-order valence-corrected chi connectivity index (χ1v) is 10.1. The van der Waals surface area contributed by atoms with Crippen LogP contribution in [-0.4, -0.2) is 60.9 Å². The molecule has 0 saturated carbocycles. The SMILES string of the molecule is COC1CN(C(=O)OC(C)(C)C)CCC12CCN(Cc1ccccc1)CC2. The Balaban J connectivity index is 1.57. The number of benzene rings is 1. The van der Waals surface area contributed by atoms with Crippen molar-refractivity contribution in [3.05, 3.63) is 35.9 Å². The molecule has 27 heavy (non-hydrogen) atoms. The number of hydrogen-bond donors (Lipinski definition) is 0. The average Bonchev–Trinajstić information content (AvgIpc) is 2.63. The number of methoxy groups -OCH3 is 1. The third kappa shape index (κ3) is 5.02. The second-order valence-corrected chi connectivity index (χ2v) is 9.02. The molecule has 5 heteroatoms. The molecule has 5 nitrogen and oxygen atoms in total. The molecule has 1 amide bonds. The lowest BCUT2D eigenvalue weighted by atomic mass is 9.69. The highest BCUT2D eigenvalue weighted by atomic mass is 16.6. The van der Waals surface area contributed by atoms with E-state index in [1.54, 1.807) is 7.11 Å². The Labute approximate surface area is 163 Å². The maximum absolute atomic E-state index is 12.4. The summed E-state index contributed by atoms with van der Waals surface area (Å²) in [6.07, 6.45) is 3.10. The largest absolute Gasteiger partial charge is 0.444 e. The number of hydrogen-bond acceptors (Lipinski definition) is 4. The van der Waals surface area contributed by atoms with E-state index in [0.717, 1.165) is 45.4 Å². The molecule has 3 rings (SSSR count). The number of nitrogens with zero attached hydrogens (tertiary/aromatic N) is 2. The van der Waals surface area contributed by atoms with Gasteiger partial charge in [0.05, 0.1) is 12.6 Å². The molecule has 0 aliphatic carbocycles. The van der Waals surface area contributed by atoms with E-state index in [2.05, 4.69) is 35.2 Å². The molecule has 1 aromatic carbocycles. The molecule has 0 N–H and O–H groups in total. The lowest BCUT2D eigenvalue weighted by Crippen LogP contribution is -2.57. The van der Waals surface area contributed by atoms with E-state index in [9.17, 15) is 4.79 Å². The Hall–Kier alpha value is -1.59. The number of rotatable bonds is 3. The molecule has 2 heterocycles. The molecule has 1 aromatic rings. The second kappa shape index (κ2) is 8.19. The van der Waals surface area contributed by atoms with Gasteiger partial charge in [0.15, 0.2) is 0 Å². The van der Waals surface area contributed by atoms with E-state index < -0.39 is 5.60 Å². The van der Waals surface area contributed by atoms with Crippen molar-refractivity contribution >= 4 is 6.09 Å². The fraction of sp³-hybridized carbons (Fsp3) is 0.682. The zero-order chi connectivity index (χ0) is 19.5. The molecule has 2 fully saturated rings. The van der Waals surface area contributed by atoms with Gasteiger partial charge in [0, 0.05) is 25.6 Å². The number of piperidine rings is 2. The summed E-state index contributed by atoms with van der Waals surface area (Å²) in [5.41, 5.74) is 1.09. The first kappa shape index (κ1) is 20.2. The van der Waals surface area contributed by atoms with Crippen molar-refractivity contribution in [1.82, 2.24) is 9.80 Å². The van der Waals surface area contributed by atoms with Gasteiger partial charge in [-0.3, -0.25) is 4.90 Å². The normalized spacial score (nSPS) is 23.4. The van der Waals surface area contributed by atoms with E-state index in [0.29, 0.717) is 6.54 Å². The second-order valence-electron chi connectivity index (χ2n) is 9.02. The van der Waals surface area contributed by atoms with Gasteiger partial charge in [0.2, 0.25) is 0 Å². The van der Waals surface area contributed by atoms with Crippen molar-refractivity contribution in [2.24, 2.45) is 5.41 Å². The van der Waals surface area contributed by atoms with Crippen molar-refractivity contribution in [2.75, 3.05) is 33.3 Å². The van der Waals surface area contributed by atoms with Gasteiger partial charge >= 0.3 is 6.09 Å². The van der Waals surface area contributed by atoms with Gasteiger partial charge in [-0.25, -0.2) is 4.79 Å². The van der Waals surface area contributed by atoms with Crippen molar-refractivity contribution < 1.29 is 14.3 Å². The van der Waals surface area contributed by atoms with Gasteiger partial charge in [-0.1, -0.05) is 30.3 Å². The Morgan fingerprint density at radius 1 is 1.11 bits per heavy atom. The Morgan fingerprint density at radius 3 is 2.33 bits per heavy atom. The van der Waals surface area contributed by atoms with Crippen LogP contribution in [-0.2, 0) is 16.0 Å². The van der Waals surface area contributed by atoms with Crippen molar-refractivity contribution in [3.63, 3.8) is 0 Å². The highest BCUT2D eigenvalue weighted by molar-refractivity contribution is 5.68. The standard InChI is InChI=1S/C22H34N2O3/c1-21(2,3)27-20(25)24-15-12-22(19(17-24)26-4)10-13-23(14-11-22)16-18-8-6-5-7-9-18/h5-9,19H,10-17H2,1-4H3. The van der Waals surface area contributed by atoms with Gasteiger partial charge in [0.1, 0.15) is 5.60 Å². The van der Waals surface area contributed by atoms with Crippen LogP contribution in [0.2, 0.25) is 0 Å². The minimum absolute atomic E-state index is 0.0812. The summed E-state index contributed by atoms with van der Waals surface area (Å²) in [6, 6.07) is 10.7. The van der Waals surface area contributed by atoms with Crippen molar-refractivity contribution in [2.45, 2.75) is 58.3 Å². The summed E-state index contributed by atoms with van der Waals surface area (Å²) >= 11 is 0. The van der Waals surface area contributed by atoms with Crippen LogP contribution in [0.15, 0.2) is 30.3 Å². The summed E-state index contributed by atoms with van der Waals surface area (Å²) in [4.78, 5) is 16.8. The maximum Gasteiger partial charge on any atom is 0.410 e. The zero-order valence-corrected chi connectivity index (χ0v) is 17.2. The van der Waals surface area contributed by atoms with Crippen LogP contribution in [0.1, 0.15) is 45.6 Å².